The van der Waals surface area contributed by atoms with Crippen molar-refractivity contribution in [3.63, 3.8) is 0 Å². The Kier molecular flexibility index (Phi) is 19.3. The lowest BCUT2D eigenvalue weighted by Crippen LogP contribution is -2.10. The van der Waals surface area contributed by atoms with Crippen molar-refractivity contribution < 1.29 is 0 Å². The monoisotopic (exact) mass is 1650 g/mol. The van der Waals surface area contributed by atoms with Crippen LogP contribution >= 0.6 is 0 Å². The summed E-state index contributed by atoms with van der Waals surface area (Å²) in [5.41, 5.74) is 26.3. The summed E-state index contributed by atoms with van der Waals surface area (Å²) >= 11 is 0. The zero-order valence-electron chi connectivity index (χ0n) is 71.4. The van der Waals surface area contributed by atoms with E-state index in [0.717, 1.165) is 34.1 Å². The fourth-order valence-electron chi connectivity index (χ4n) is 20.6. The molecule has 25 aromatic carbocycles. The van der Waals surface area contributed by atoms with E-state index in [1.54, 1.807) is 0 Å². The first kappa shape index (κ1) is 76.6. The van der Waals surface area contributed by atoms with Crippen LogP contribution < -0.4 is 9.80 Å². The molecule has 2 heteroatoms. The molecule has 0 heterocycles. The Morgan fingerprint density at radius 1 is 0.115 bits per heavy atom. The highest BCUT2D eigenvalue weighted by molar-refractivity contribution is 6.35. The molecular formula is C128H84N2. The molecule has 0 spiro atoms. The van der Waals surface area contributed by atoms with E-state index in [4.69, 9.17) is 0 Å². The number of hydrogen-bond donors (Lipinski definition) is 0. The summed E-state index contributed by atoms with van der Waals surface area (Å²) in [6.07, 6.45) is 0. The predicted octanol–water partition coefficient (Wildman–Crippen LogP) is 36.3. The van der Waals surface area contributed by atoms with Crippen molar-refractivity contribution in [1.29, 1.82) is 0 Å². The quantitative estimate of drug-likeness (QED) is 0.100. The third kappa shape index (κ3) is 13.6. The van der Waals surface area contributed by atoms with E-state index in [0.29, 0.717) is 0 Å². The zero-order valence-corrected chi connectivity index (χ0v) is 71.4. The molecule has 0 unspecified atom stereocenters. The number of benzene rings is 25. The van der Waals surface area contributed by atoms with Gasteiger partial charge in [-0.05, 0) is 299 Å². The van der Waals surface area contributed by atoms with Gasteiger partial charge in [-0.25, -0.2) is 0 Å². The number of anilines is 6. The maximum atomic E-state index is 2.44. The minimum atomic E-state index is 1.12. The summed E-state index contributed by atoms with van der Waals surface area (Å²) in [4.78, 5) is 4.76. The first-order chi connectivity index (χ1) is 64.5. The van der Waals surface area contributed by atoms with E-state index in [2.05, 4.69) is 519 Å². The molecule has 0 saturated carbocycles. The van der Waals surface area contributed by atoms with Crippen LogP contribution in [0.1, 0.15) is 0 Å². The third-order valence-corrected chi connectivity index (χ3v) is 26.5. The van der Waals surface area contributed by atoms with Crippen molar-refractivity contribution in [2.24, 2.45) is 0 Å². The Bertz CT molecular complexity index is 8680. The molecule has 25 aromatic rings. The number of rotatable bonds is 14. The molecule has 130 heavy (non-hydrogen) atoms. The van der Waals surface area contributed by atoms with Crippen molar-refractivity contribution in [3.05, 3.63) is 510 Å². The van der Waals surface area contributed by atoms with E-state index < -0.39 is 0 Å². The van der Waals surface area contributed by atoms with Crippen LogP contribution in [0.15, 0.2) is 510 Å². The topological polar surface area (TPSA) is 6.48 Å². The molecule has 0 atom stereocenters. The SMILES string of the molecule is c1ccc(-c2cc(-c3ccccc3)c3c4ccc(-c5ccc6c(ccc7cc(N(c8ccccc8)c8ccc9ccccc9c8)ccc76)c5)cc4c4ccccc4c3c2-c2ccccc2)cc1.c1ccc(-c2cc(-c3ccccc3)c3c4ccc(-c5cccc6c(N(c7ccccc7)c7ccc8ccccc8c7)cccc56)cc4c4ccccc4c3c2-c2ccccc2)cc1. The maximum Gasteiger partial charge on any atom is 0.0540 e. The van der Waals surface area contributed by atoms with Crippen LogP contribution in [0.2, 0.25) is 0 Å². The van der Waals surface area contributed by atoms with Gasteiger partial charge in [0.25, 0.3) is 0 Å². The van der Waals surface area contributed by atoms with Crippen molar-refractivity contribution in [3.8, 4) is 89.0 Å². The van der Waals surface area contributed by atoms with E-state index in [1.165, 1.54) is 208 Å². The van der Waals surface area contributed by atoms with Crippen LogP contribution in [-0.4, -0.2) is 0 Å². The highest BCUT2D eigenvalue weighted by Crippen LogP contribution is 2.54. The van der Waals surface area contributed by atoms with Crippen LogP contribution in [-0.2, 0) is 0 Å². The van der Waals surface area contributed by atoms with E-state index in [9.17, 15) is 0 Å². The lowest BCUT2D eigenvalue weighted by atomic mass is 9.81. The van der Waals surface area contributed by atoms with Gasteiger partial charge in [0.15, 0.2) is 0 Å². The molecule has 0 N–H and O–H groups in total. The molecule has 0 aromatic heterocycles. The van der Waals surface area contributed by atoms with E-state index in [1.807, 2.05) is 0 Å². The van der Waals surface area contributed by atoms with E-state index in [-0.39, 0.29) is 0 Å². The van der Waals surface area contributed by atoms with Crippen molar-refractivity contribution >= 4 is 153 Å². The van der Waals surface area contributed by atoms with Crippen LogP contribution in [0.25, 0.3) is 208 Å². The summed E-state index contributed by atoms with van der Waals surface area (Å²) in [6, 6.07) is 187. The number of nitrogens with zero attached hydrogens (tertiary/aromatic N) is 2. The minimum Gasteiger partial charge on any atom is -0.310 e. The molecule has 606 valence electrons. The second-order valence-electron chi connectivity index (χ2n) is 34.0. The van der Waals surface area contributed by atoms with Gasteiger partial charge in [0, 0.05) is 33.8 Å². The van der Waals surface area contributed by atoms with E-state index >= 15 is 0 Å². The fraction of sp³-hybridized carbons (Fsp3) is 0. The highest BCUT2D eigenvalue weighted by Gasteiger charge is 2.27. The highest BCUT2D eigenvalue weighted by atomic mass is 15.1. The van der Waals surface area contributed by atoms with Gasteiger partial charge in [-0.15, -0.1) is 0 Å². The van der Waals surface area contributed by atoms with Crippen molar-refractivity contribution in [2.45, 2.75) is 0 Å². The molecule has 25 rings (SSSR count). The van der Waals surface area contributed by atoms with Crippen molar-refractivity contribution in [2.75, 3.05) is 9.80 Å². The van der Waals surface area contributed by atoms with Crippen molar-refractivity contribution in [1.82, 2.24) is 0 Å². The summed E-state index contributed by atoms with van der Waals surface area (Å²) in [5, 5.41) is 27.4. The van der Waals surface area contributed by atoms with Crippen LogP contribution in [0, 0.1) is 0 Å². The van der Waals surface area contributed by atoms with Gasteiger partial charge >= 0.3 is 0 Å². The summed E-state index contributed by atoms with van der Waals surface area (Å²) in [5.74, 6) is 0. The standard InChI is InChI=1S/C66H43N.C62H41N/c1-5-18-45(19-6-1)61-43-62(46-20-7-2-8-21-46)65-60-37-33-50(42-63(60)58-27-15-16-28-59(58)66(65)64(61)47-22-9-3-10-23-47)49-32-36-56-51(39-49)29-30-52-41-55(35-38-57(52)56)67(53-25-11-4-12-26-53)54-34-31-44-17-13-14-24-48(44)40-54;1-5-20-43(21-6-1)56-41-57(44-22-7-2-8-23-44)61-55-38-36-47(40-58(55)52-29-15-16-30-54(52)62(61)60(56)45-24-9-3-10-25-45)50-31-17-33-53-51(50)32-18-34-59(53)63(48-27-11-4-12-28-48)49-37-35-42-19-13-14-26-46(42)39-49/h1-43H;1-41H. The normalized spacial score (nSPS) is 11.5. The fourth-order valence-corrected chi connectivity index (χ4v) is 20.6. The lowest BCUT2D eigenvalue weighted by molar-refractivity contribution is 1.29. The number of fused-ring (bicyclic) bond motifs is 18. The Hall–Kier alpha value is -17.0. The van der Waals surface area contributed by atoms with Gasteiger partial charge in [0.2, 0.25) is 0 Å². The smallest absolute Gasteiger partial charge is 0.0540 e. The van der Waals surface area contributed by atoms with Crippen LogP contribution in [0.5, 0.6) is 0 Å². The molecule has 0 amide bonds. The third-order valence-electron chi connectivity index (χ3n) is 26.5. The molecule has 0 radical (unpaired) electrons. The Balaban J connectivity index is 0.000000144. The van der Waals surface area contributed by atoms with Gasteiger partial charge in [-0.2, -0.15) is 0 Å². The second-order valence-corrected chi connectivity index (χ2v) is 34.0. The molecule has 2 nitrogen and oxygen atoms in total. The summed E-state index contributed by atoms with van der Waals surface area (Å²) < 4.78 is 0. The number of para-hydroxylation sites is 2. The second kappa shape index (κ2) is 32.8. The summed E-state index contributed by atoms with van der Waals surface area (Å²) in [6.45, 7) is 0. The largest absolute Gasteiger partial charge is 0.310 e. The molecule has 0 aliphatic heterocycles. The molecule has 0 aliphatic rings. The maximum absolute atomic E-state index is 2.44. The van der Waals surface area contributed by atoms with Gasteiger partial charge < -0.3 is 9.80 Å². The molecule has 0 bridgehead atoms. The van der Waals surface area contributed by atoms with Gasteiger partial charge in [0.1, 0.15) is 0 Å². The molecule has 0 aliphatic carbocycles. The number of hydrogen-bond acceptors (Lipinski definition) is 2. The minimum absolute atomic E-state index is 1.12. The Morgan fingerprint density at radius 2 is 0.431 bits per heavy atom. The van der Waals surface area contributed by atoms with Gasteiger partial charge in [-0.1, -0.05) is 413 Å². The average molecular weight is 1650 g/mol. The molecule has 0 saturated heterocycles. The summed E-state index contributed by atoms with van der Waals surface area (Å²) in [7, 11) is 0. The first-order valence-electron chi connectivity index (χ1n) is 44.9. The molecular weight excluding hydrogens is 1570 g/mol. The first-order valence-corrected chi connectivity index (χ1v) is 44.9. The Morgan fingerprint density at radius 3 is 0.915 bits per heavy atom. The molecule has 0 fully saturated rings. The predicted molar refractivity (Wildman–Crippen MR) is 558 cm³/mol. The lowest BCUT2D eigenvalue weighted by Gasteiger charge is -2.27. The zero-order chi connectivity index (χ0) is 86.0. The van der Waals surface area contributed by atoms with Crippen LogP contribution in [0.4, 0.5) is 34.1 Å². The Labute approximate surface area is 755 Å². The van der Waals surface area contributed by atoms with Gasteiger partial charge in [0.05, 0.1) is 5.69 Å². The van der Waals surface area contributed by atoms with Gasteiger partial charge in [-0.3, -0.25) is 0 Å². The van der Waals surface area contributed by atoms with Crippen LogP contribution in [0.3, 0.4) is 0 Å². The average Bonchev–Trinajstić information content (AvgIpc) is 0.710.